The summed E-state index contributed by atoms with van der Waals surface area (Å²) in [6.07, 6.45) is 86.8. The van der Waals surface area contributed by atoms with Crippen molar-refractivity contribution in [1.82, 2.24) is 0 Å². The third kappa shape index (κ3) is 72.8. The fourth-order valence-electron chi connectivity index (χ4n) is 9.40. The highest BCUT2D eigenvalue weighted by Gasteiger charge is 2.30. The van der Waals surface area contributed by atoms with Gasteiger partial charge in [-0.05, 0) is 148 Å². The first-order valence-electron chi connectivity index (χ1n) is 38.4. The number of ether oxygens (including phenoxy) is 4. The van der Waals surface area contributed by atoms with E-state index in [9.17, 15) is 43.2 Å². The maximum Gasteiger partial charge on any atom is 0.472 e. The predicted octanol–water partition coefficient (Wildman–Crippen LogP) is 22.2. The molecule has 0 aromatic heterocycles. The molecule has 0 aliphatic carbocycles. The molecule has 0 amide bonds. The van der Waals surface area contributed by atoms with E-state index in [1.54, 1.807) is 6.08 Å². The maximum absolute atomic E-state index is 13.1. The van der Waals surface area contributed by atoms with Crippen LogP contribution in [0.1, 0.15) is 272 Å². The van der Waals surface area contributed by atoms with Crippen molar-refractivity contribution in [3.63, 3.8) is 0 Å². The average Bonchev–Trinajstić information content (AvgIpc) is 0.908. The summed E-state index contributed by atoms with van der Waals surface area (Å²) in [5.74, 6) is -2.46. The minimum Gasteiger partial charge on any atom is -0.462 e. The predicted molar refractivity (Wildman–Crippen MR) is 417 cm³/mol. The van der Waals surface area contributed by atoms with Gasteiger partial charge in [0.2, 0.25) is 0 Å². The Kier molecular flexibility index (Phi) is 69.7. The monoisotopic (exact) mass is 1460 g/mol. The SMILES string of the molecule is CC/C=C\C/C=C\C/C=C\C/C=C\C/C=C\C/C=C\CCC(=O)OCC(COP(=O)(O)OCC(O)COP(=O)(O)OCC(COC(=O)C/C=C\C/C=C\C/C=C\C/C=C\C/C=C\CC)OC(=O)CCCCCCC/C=C\C/C=C\CCCCC)OC(=O)CCCCCCC/C=C\CCCCCC. The van der Waals surface area contributed by atoms with Gasteiger partial charge in [-0.25, -0.2) is 9.13 Å². The van der Waals surface area contributed by atoms with Crippen molar-refractivity contribution in [2.45, 2.75) is 290 Å². The number of unbranched alkanes of at least 4 members (excludes halogenated alkanes) is 17. The lowest BCUT2D eigenvalue weighted by molar-refractivity contribution is -0.161. The van der Waals surface area contributed by atoms with E-state index in [1.807, 2.05) is 36.5 Å². The second-order valence-corrected chi connectivity index (χ2v) is 27.7. The molecular formula is C83H134O17P2. The third-order valence-electron chi connectivity index (χ3n) is 15.2. The van der Waals surface area contributed by atoms with Crippen molar-refractivity contribution >= 4 is 39.5 Å². The van der Waals surface area contributed by atoms with Crippen LogP contribution in [0, 0.1) is 0 Å². The number of aliphatic hydroxyl groups is 1. The van der Waals surface area contributed by atoms with E-state index in [0.717, 1.165) is 141 Å². The van der Waals surface area contributed by atoms with Gasteiger partial charge in [-0.1, -0.05) is 268 Å². The summed E-state index contributed by atoms with van der Waals surface area (Å²) in [6.45, 7) is 4.35. The molecule has 102 heavy (non-hydrogen) atoms. The molecule has 0 aliphatic rings. The van der Waals surface area contributed by atoms with Gasteiger partial charge in [-0.2, -0.15) is 0 Å². The van der Waals surface area contributed by atoms with E-state index in [2.05, 4.69) is 155 Å². The summed E-state index contributed by atoms with van der Waals surface area (Å²) in [4.78, 5) is 72.8. The van der Waals surface area contributed by atoms with Crippen molar-refractivity contribution in [3.8, 4) is 0 Å². The standard InChI is InChI=1S/C83H134O17P2/c1-5-9-13-17-21-25-29-33-36-37-38-39-42-45-48-52-56-60-64-68-81(86)94-73-78(99-82(87)69-65-61-57-53-49-43-32-28-24-20-16-12-8-4)75-97-101(89,90)95-71-77(84)72-96-102(91,92)98-76-79(100-83(88)70-66-62-58-54-50-46-41-35-31-27-23-19-15-11-7-3)74-93-80(85)67-63-59-55-51-47-44-40-34-30-26-22-18-14-10-6-2/h9-10,13-14,21-23,25-28,32-36,38-41,45,47-48,51,56,59-60,63,77-79,84H,5-8,11-12,15-20,24,29-31,37,42-44,46,49-50,52-55,57-58,61-62,64-76H2,1-4H3,(H,89,90)(H,91,92)/b13-9-,14-10-,25-21-,26-22-,27-23-,32-28-,36-33-,39-38-,40-34-,41-35-,48-45-,51-47-,60-56-,63-59-. The average molecular weight is 1470 g/mol. The van der Waals surface area contributed by atoms with Crippen molar-refractivity contribution in [3.05, 3.63) is 170 Å². The van der Waals surface area contributed by atoms with E-state index in [-0.39, 0.29) is 25.7 Å². The Balaban J connectivity index is 5.50. The van der Waals surface area contributed by atoms with E-state index >= 15 is 0 Å². The van der Waals surface area contributed by atoms with Gasteiger partial charge in [0, 0.05) is 19.3 Å². The summed E-state index contributed by atoms with van der Waals surface area (Å²) in [6, 6.07) is 0. The molecule has 0 fully saturated rings. The van der Waals surface area contributed by atoms with Crippen molar-refractivity contribution in [2.24, 2.45) is 0 Å². The highest BCUT2D eigenvalue weighted by atomic mass is 31.2. The van der Waals surface area contributed by atoms with Gasteiger partial charge in [-0.3, -0.25) is 37.3 Å². The maximum atomic E-state index is 13.1. The quantitative estimate of drug-likeness (QED) is 0.0169. The molecule has 0 spiro atoms. The van der Waals surface area contributed by atoms with E-state index < -0.39 is 97.5 Å². The largest absolute Gasteiger partial charge is 0.472 e. The van der Waals surface area contributed by atoms with Crippen LogP contribution < -0.4 is 0 Å². The zero-order chi connectivity index (χ0) is 74.6. The van der Waals surface area contributed by atoms with Gasteiger partial charge >= 0.3 is 39.5 Å². The number of allylic oxidation sites excluding steroid dienone is 27. The van der Waals surface area contributed by atoms with Crippen molar-refractivity contribution < 1.29 is 80.2 Å². The fourth-order valence-corrected chi connectivity index (χ4v) is 11.0. The summed E-state index contributed by atoms with van der Waals surface area (Å²) < 4.78 is 68.2. The van der Waals surface area contributed by atoms with Gasteiger partial charge in [0.25, 0.3) is 0 Å². The Labute approximate surface area is 616 Å². The normalized spacial score (nSPS) is 14.9. The number of carbonyl (C=O) groups is 4. The lowest BCUT2D eigenvalue weighted by Crippen LogP contribution is -2.30. The van der Waals surface area contributed by atoms with Gasteiger partial charge in [0.05, 0.1) is 32.8 Å². The summed E-state index contributed by atoms with van der Waals surface area (Å²) in [7, 11) is -10.0. The van der Waals surface area contributed by atoms with Gasteiger partial charge in [-0.15, -0.1) is 0 Å². The molecule has 19 heteroatoms. The van der Waals surface area contributed by atoms with Gasteiger partial charge < -0.3 is 33.8 Å². The molecule has 0 aromatic carbocycles. The zero-order valence-corrected chi connectivity index (χ0v) is 64.8. The molecule has 578 valence electrons. The van der Waals surface area contributed by atoms with Crippen LogP contribution in [0.2, 0.25) is 0 Å². The number of carbonyl (C=O) groups excluding carboxylic acids is 4. The minimum atomic E-state index is -5.01. The fraction of sp³-hybridized carbons (Fsp3) is 0.614. The molecule has 3 N–H and O–H groups in total. The van der Waals surface area contributed by atoms with Crippen LogP contribution in [-0.4, -0.2) is 96.7 Å². The molecule has 0 aliphatic heterocycles. The van der Waals surface area contributed by atoms with Crippen LogP contribution in [0.5, 0.6) is 0 Å². The minimum absolute atomic E-state index is 0.0272. The molecule has 0 rings (SSSR count). The van der Waals surface area contributed by atoms with Gasteiger partial charge in [0.1, 0.15) is 19.3 Å². The lowest BCUT2D eigenvalue weighted by Gasteiger charge is -2.21. The van der Waals surface area contributed by atoms with Crippen LogP contribution in [0.3, 0.4) is 0 Å². The summed E-state index contributed by atoms with van der Waals surface area (Å²) >= 11 is 0. The third-order valence-corrected chi connectivity index (χ3v) is 17.1. The van der Waals surface area contributed by atoms with Crippen LogP contribution in [-0.2, 0) is 65.4 Å². The Morgan fingerprint density at radius 1 is 0.294 bits per heavy atom. The van der Waals surface area contributed by atoms with E-state index in [0.29, 0.717) is 32.1 Å². The molecule has 5 unspecified atom stereocenters. The number of rotatable bonds is 70. The van der Waals surface area contributed by atoms with Crippen molar-refractivity contribution in [2.75, 3.05) is 39.6 Å². The molecule has 0 bridgehead atoms. The molecule has 0 saturated carbocycles. The van der Waals surface area contributed by atoms with E-state index in [1.165, 1.54) is 44.9 Å². The molecule has 0 saturated heterocycles. The Morgan fingerprint density at radius 2 is 0.569 bits per heavy atom. The number of hydrogen-bond acceptors (Lipinski definition) is 15. The smallest absolute Gasteiger partial charge is 0.462 e. The molecule has 17 nitrogen and oxygen atoms in total. The Morgan fingerprint density at radius 3 is 0.941 bits per heavy atom. The number of phosphoric acid groups is 2. The second-order valence-electron chi connectivity index (χ2n) is 24.8. The van der Waals surface area contributed by atoms with E-state index in [4.69, 9.17) is 37.0 Å². The summed E-state index contributed by atoms with van der Waals surface area (Å²) in [5.41, 5.74) is 0. The first kappa shape index (κ1) is 96.4. The number of phosphoric ester groups is 2. The highest BCUT2D eigenvalue weighted by molar-refractivity contribution is 7.47. The molecule has 0 aromatic rings. The second kappa shape index (κ2) is 73.7. The van der Waals surface area contributed by atoms with Crippen LogP contribution in [0.25, 0.3) is 0 Å². The Bertz CT molecular complexity index is 2600. The van der Waals surface area contributed by atoms with Crippen molar-refractivity contribution in [1.29, 1.82) is 0 Å². The molecule has 5 atom stereocenters. The zero-order valence-electron chi connectivity index (χ0n) is 63.0. The van der Waals surface area contributed by atoms with Crippen LogP contribution in [0.15, 0.2) is 170 Å². The summed E-state index contributed by atoms with van der Waals surface area (Å²) in [5, 5.41) is 10.6. The van der Waals surface area contributed by atoms with Crippen LogP contribution >= 0.6 is 15.6 Å². The number of esters is 4. The number of aliphatic hydroxyl groups excluding tert-OH is 1. The van der Waals surface area contributed by atoms with Crippen LogP contribution in [0.4, 0.5) is 0 Å². The van der Waals surface area contributed by atoms with Gasteiger partial charge in [0.15, 0.2) is 12.2 Å². The first-order valence-corrected chi connectivity index (χ1v) is 41.4. The topological polar surface area (TPSA) is 237 Å². The number of hydrogen-bond donors (Lipinski definition) is 3. The molecule has 0 heterocycles. The molecular weight excluding hydrogens is 1330 g/mol. The lowest BCUT2D eigenvalue weighted by atomic mass is 10.1. The molecule has 0 radical (unpaired) electrons. The highest BCUT2D eigenvalue weighted by Crippen LogP contribution is 2.45. The Hall–Kier alpha value is -5.58. The first-order chi connectivity index (χ1) is 49.7.